The van der Waals surface area contributed by atoms with Crippen molar-refractivity contribution in [3.63, 3.8) is 0 Å². The van der Waals surface area contributed by atoms with E-state index in [0.29, 0.717) is 6.61 Å². The summed E-state index contributed by atoms with van der Waals surface area (Å²) in [5.41, 5.74) is 1.04. The van der Waals surface area contributed by atoms with Crippen molar-refractivity contribution in [2.75, 3.05) is 13.2 Å². The number of carboxylic acids is 1. The molecule has 0 aliphatic carbocycles. The Morgan fingerprint density at radius 3 is 2.95 bits per heavy atom. The van der Waals surface area contributed by atoms with E-state index < -0.39 is 12.0 Å². The van der Waals surface area contributed by atoms with Gasteiger partial charge >= 0.3 is 5.97 Å². The molecule has 0 saturated carbocycles. The van der Waals surface area contributed by atoms with Crippen molar-refractivity contribution in [2.24, 2.45) is 0 Å². The van der Waals surface area contributed by atoms with Crippen LogP contribution in [0.1, 0.15) is 44.7 Å². The number of halogens is 1. The van der Waals surface area contributed by atoms with Crippen LogP contribution in [0.3, 0.4) is 0 Å². The molecule has 4 nitrogen and oxygen atoms in total. The molecule has 2 atom stereocenters. The summed E-state index contributed by atoms with van der Waals surface area (Å²) in [6, 6.07) is 5.54. The molecule has 1 aliphatic rings. The summed E-state index contributed by atoms with van der Waals surface area (Å²) in [5, 5.41) is 9.45. The van der Waals surface area contributed by atoms with Gasteiger partial charge in [-0.3, -0.25) is 9.69 Å². The van der Waals surface area contributed by atoms with Crippen molar-refractivity contribution in [3.8, 4) is 5.75 Å². The molecule has 0 aromatic heterocycles. The van der Waals surface area contributed by atoms with Gasteiger partial charge in [-0.15, -0.1) is 0 Å². The second-order valence-corrected chi connectivity index (χ2v) is 6.29. The molecule has 1 aliphatic heterocycles. The number of hydrogen-bond donors (Lipinski definition) is 1. The Morgan fingerprint density at radius 2 is 2.29 bits per heavy atom. The zero-order valence-corrected chi connectivity index (χ0v) is 14.1. The minimum Gasteiger partial charge on any atom is -0.494 e. The van der Waals surface area contributed by atoms with Gasteiger partial charge < -0.3 is 9.84 Å². The first-order chi connectivity index (χ1) is 10.0. The Labute approximate surface area is 134 Å². The number of rotatable bonds is 5. The molecule has 1 aromatic rings. The third-order valence-electron chi connectivity index (χ3n) is 4.05. The maximum atomic E-state index is 11.5. The molecule has 0 amide bonds. The van der Waals surface area contributed by atoms with E-state index in [4.69, 9.17) is 4.74 Å². The molecular weight excluding hydrogens is 334 g/mol. The van der Waals surface area contributed by atoms with Crippen LogP contribution in [0.2, 0.25) is 0 Å². The fourth-order valence-corrected chi connectivity index (χ4v) is 3.37. The monoisotopic (exact) mass is 355 g/mol. The summed E-state index contributed by atoms with van der Waals surface area (Å²) in [4.78, 5) is 13.6. The Bertz CT molecular complexity index is 506. The quantitative estimate of drug-likeness (QED) is 0.871. The molecule has 0 radical (unpaired) electrons. The molecule has 2 rings (SSSR count). The minimum absolute atomic E-state index is 0.0189. The van der Waals surface area contributed by atoms with Crippen LogP contribution in [0.5, 0.6) is 5.75 Å². The van der Waals surface area contributed by atoms with E-state index in [1.165, 1.54) is 0 Å². The van der Waals surface area contributed by atoms with Gasteiger partial charge in [-0.1, -0.05) is 22.4 Å². The van der Waals surface area contributed by atoms with Crippen LogP contribution in [-0.2, 0) is 4.79 Å². The van der Waals surface area contributed by atoms with Gasteiger partial charge in [0.25, 0.3) is 0 Å². The van der Waals surface area contributed by atoms with E-state index in [1.54, 1.807) is 0 Å². The van der Waals surface area contributed by atoms with Gasteiger partial charge in [0.1, 0.15) is 11.8 Å². The molecular formula is C16H22BrNO3. The van der Waals surface area contributed by atoms with E-state index in [0.717, 1.165) is 41.6 Å². The minimum atomic E-state index is -0.727. The highest BCUT2D eigenvalue weighted by Crippen LogP contribution is 2.35. The maximum Gasteiger partial charge on any atom is 0.320 e. The zero-order valence-electron chi connectivity index (χ0n) is 12.5. The number of carboxylic acid groups (broad SMARTS) is 1. The molecule has 1 saturated heterocycles. The summed E-state index contributed by atoms with van der Waals surface area (Å²) in [6.07, 6.45) is 2.75. The van der Waals surface area contributed by atoms with Crippen LogP contribution in [0.25, 0.3) is 0 Å². The van der Waals surface area contributed by atoms with Crippen molar-refractivity contribution in [1.29, 1.82) is 0 Å². The molecule has 5 heteroatoms. The lowest BCUT2D eigenvalue weighted by Crippen LogP contribution is -2.45. The highest BCUT2D eigenvalue weighted by Gasteiger charge is 2.33. The highest BCUT2D eigenvalue weighted by molar-refractivity contribution is 9.10. The van der Waals surface area contributed by atoms with Gasteiger partial charge in [0.05, 0.1) is 6.61 Å². The molecule has 2 unspecified atom stereocenters. The Kier molecular flexibility index (Phi) is 5.65. The van der Waals surface area contributed by atoms with E-state index in [9.17, 15) is 9.90 Å². The van der Waals surface area contributed by atoms with E-state index >= 15 is 0 Å². The lowest BCUT2D eigenvalue weighted by molar-refractivity contribution is -0.145. The average Bonchev–Trinajstić information content (AvgIpc) is 2.48. The maximum absolute atomic E-state index is 11.5. The van der Waals surface area contributed by atoms with Crippen LogP contribution in [0, 0.1) is 0 Å². The van der Waals surface area contributed by atoms with E-state index in [1.807, 2.05) is 25.1 Å². The van der Waals surface area contributed by atoms with Crippen molar-refractivity contribution in [1.82, 2.24) is 4.90 Å². The summed E-state index contributed by atoms with van der Waals surface area (Å²) >= 11 is 3.49. The molecule has 1 aromatic carbocycles. The highest BCUT2D eigenvalue weighted by atomic mass is 79.9. The van der Waals surface area contributed by atoms with Crippen molar-refractivity contribution >= 4 is 21.9 Å². The van der Waals surface area contributed by atoms with Gasteiger partial charge in [-0.05, 0) is 51.4 Å². The number of hydrogen-bond acceptors (Lipinski definition) is 3. The second-order valence-electron chi connectivity index (χ2n) is 5.38. The predicted molar refractivity (Wildman–Crippen MR) is 85.7 cm³/mol. The zero-order chi connectivity index (χ0) is 15.4. The van der Waals surface area contributed by atoms with Crippen molar-refractivity contribution < 1.29 is 14.6 Å². The third kappa shape index (κ3) is 3.77. The van der Waals surface area contributed by atoms with Gasteiger partial charge in [0.2, 0.25) is 0 Å². The molecule has 116 valence electrons. The van der Waals surface area contributed by atoms with Crippen molar-refractivity contribution in [2.45, 2.75) is 45.2 Å². The van der Waals surface area contributed by atoms with Crippen molar-refractivity contribution in [3.05, 3.63) is 28.2 Å². The standard InChI is InChI=1S/C16H22BrNO3/c1-3-21-15-8-7-12(17)10-13(15)11(2)18-9-5-4-6-14(18)16(19)20/h7-8,10-11,14H,3-6,9H2,1-2H3,(H,19,20). The predicted octanol–water partition coefficient (Wildman–Crippen LogP) is 3.85. The summed E-state index contributed by atoms with van der Waals surface area (Å²) in [7, 11) is 0. The van der Waals surface area contributed by atoms with Gasteiger partial charge in [0, 0.05) is 16.1 Å². The van der Waals surface area contributed by atoms with Gasteiger partial charge in [-0.25, -0.2) is 0 Å². The Hall–Kier alpha value is -1.07. The Balaban J connectivity index is 2.31. The van der Waals surface area contributed by atoms with E-state index in [2.05, 4.69) is 27.8 Å². The molecule has 0 bridgehead atoms. The Morgan fingerprint density at radius 1 is 1.52 bits per heavy atom. The first-order valence-corrected chi connectivity index (χ1v) is 8.24. The van der Waals surface area contributed by atoms with Crippen LogP contribution in [-0.4, -0.2) is 35.2 Å². The fourth-order valence-electron chi connectivity index (χ4n) is 2.99. The number of benzene rings is 1. The van der Waals surface area contributed by atoms with E-state index in [-0.39, 0.29) is 6.04 Å². The van der Waals surface area contributed by atoms with Crippen LogP contribution >= 0.6 is 15.9 Å². The number of aliphatic carboxylic acids is 1. The normalized spacial score (nSPS) is 21.0. The number of likely N-dealkylation sites (tertiary alicyclic amines) is 1. The first kappa shape index (κ1) is 16.3. The lowest BCUT2D eigenvalue weighted by Gasteiger charge is -2.38. The van der Waals surface area contributed by atoms with Gasteiger partial charge in [-0.2, -0.15) is 0 Å². The third-order valence-corrected chi connectivity index (χ3v) is 4.54. The number of carbonyl (C=O) groups is 1. The molecule has 1 heterocycles. The summed E-state index contributed by atoms with van der Waals surface area (Å²) < 4.78 is 6.69. The number of nitrogens with zero attached hydrogens (tertiary/aromatic N) is 1. The summed E-state index contributed by atoms with van der Waals surface area (Å²) in [5.74, 6) is 0.109. The van der Waals surface area contributed by atoms with Gasteiger partial charge in [0.15, 0.2) is 0 Å². The first-order valence-electron chi connectivity index (χ1n) is 7.45. The van der Waals surface area contributed by atoms with Crippen LogP contribution in [0.15, 0.2) is 22.7 Å². The fraction of sp³-hybridized carbons (Fsp3) is 0.562. The SMILES string of the molecule is CCOc1ccc(Br)cc1C(C)N1CCCCC1C(=O)O. The molecule has 1 N–H and O–H groups in total. The average molecular weight is 356 g/mol. The second kappa shape index (κ2) is 7.27. The number of piperidine rings is 1. The largest absolute Gasteiger partial charge is 0.494 e. The summed E-state index contributed by atoms with van der Waals surface area (Å²) in [6.45, 7) is 5.43. The molecule has 1 fully saturated rings. The molecule has 21 heavy (non-hydrogen) atoms. The van der Waals surface area contributed by atoms with Crippen LogP contribution < -0.4 is 4.74 Å². The number of ether oxygens (including phenoxy) is 1. The topological polar surface area (TPSA) is 49.8 Å². The molecule has 0 spiro atoms. The smallest absolute Gasteiger partial charge is 0.320 e. The lowest BCUT2D eigenvalue weighted by atomic mass is 9.96. The van der Waals surface area contributed by atoms with Crippen LogP contribution in [0.4, 0.5) is 0 Å².